The third kappa shape index (κ3) is 7.67. The van der Waals surface area contributed by atoms with Crippen LogP contribution in [0, 0.1) is 30.2 Å². The number of halogens is 4. The number of aromatic carboxylic acids is 1. The van der Waals surface area contributed by atoms with Crippen LogP contribution in [0.1, 0.15) is 49.9 Å². The van der Waals surface area contributed by atoms with E-state index in [1.54, 1.807) is 0 Å². The van der Waals surface area contributed by atoms with E-state index in [0.29, 0.717) is 23.4 Å². The minimum absolute atomic E-state index is 0.0243. The lowest BCUT2D eigenvalue weighted by atomic mass is 9.72. The maximum absolute atomic E-state index is 14.6. The van der Waals surface area contributed by atoms with Crippen LogP contribution in [-0.4, -0.2) is 110 Å². The molecule has 3 aromatic rings. The highest BCUT2D eigenvalue weighted by atomic mass is 19.1. The number of aromatic nitrogens is 1. The number of carboxylic acids is 1. The second kappa shape index (κ2) is 15.7. The van der Waals surface area contributed by atoms with Crippen LogP contribution in [0.15, 0.2) is 30.6 Å². The average molecular weight is 760 g/mol. The summed E-state index contributed by atoms with van der Waals surface area (Å²) >= 11 is 0. The Morgan fingerprint density at radius 2 is 1.67 bits per heavy atom. The Labute approximate surface area is 301 Å². The molecule has 2 aliphatic heterocycles. The van der Waals surface area contributed by atoms with E-state index in [2.05, 4.69) is 20.9 Å². The predicted molar refractivity (Wildman–Crippen MR) is 173 cm³/mol. The van der Waals surface area contributed by atoms with Gasteiger partial charge in [0.2, 0.25) is 5.91 Å². The van der Waals surface area contributed by atoms with E-state index in [-0.39, 0.29) is 43.6 Å². The maximum Gasteiger partial charge on any atom is 0.547 e. The Kier molecular flexibility index (Phi) is 11.2. The topological polar surface area (TPSA) is 248 Å². The van der Waals surface area contributed by atoms with Crippen molar-refractivity contribution in [2.24, 2.45) is 0 Å². The number of piperazine rings is 1. The number of benzene rings is 2. The summed E-state index contributed by atoms with van der Waals surface area (Å²) in [4.78, 5) is 81.6. The van der Waals surface area contributed by atoms with Gasteiger partial charge in [0.25, 0.3) is 5.91 Å². The average Bonchev–Trinajstić information content (AvgIpc) is 3.11. The van der Waals surface area contributed by atoms with Gasteiger partial charge < -0.3 is 45.8 Å². The molecule has 54 heavy (non-hydrogen) atoms. The summed E-state index contributed by atoms with van der Waals surface area (Å²) in [6.45, 7) is 0.208. The third-order valence-electron chi connectivity index (χ3n) is 8.64. The molecule has 22 heteroatoms. The van der Waals surface area contributed by atoms with Crippen molar-refractivity contribution in [3.63, 3.8) is 0 Å². The van der Waals surface area contributed by atoms with Crippen LogP contribution in [-0.2, 0) is 20.8 Å². The number of aromatic hydroxyl groups is 2. The first-order valence-corrected chi connectivity index (χ1v) is 15.9. The quantitative estimate of drug-likeness (QED) is 0.0489. The molecule has 284 valence electrons. The fourth-order valence-corrected chi connectivity index (χ4v) is 5.82. The van der Waals surface area contributed by atoms with E-state index in [0.717, 1.165) is 24.0 Å². The highest BCUT2D eigenvalue weighted by Crippen LogP contribution is 2.37. The van der Waals surface area contributed by atoms with Gasteiger partial charge in [-0.25, -0.2) is 27.2 Å². The van der Waals surface area contributed by atoms with Gasteiger partial charge in [0.05, 0.1) is 18.3 Å². The number of pyridine rings is 1. The zero-order chi connectivity index (χ0) is 39.6. The molecule has 0 bridgehead atoms. The molecule has 6 amide bonds. The van der Waals surface area contributed by atoms with Crippen molar-refractivity contribution in [1.29, 1.82) is 0 Å². The summed E-state index contributed by atoms with van der Waals surface area (Å²) in [5, 5.41) is 47.0. The van der Waals surface area contributed by atoms with Gasteiger partial charge in [-0.05, 0) is 43.0 Å². The molecule has 7 N–H and O–H groups in total. The molecule has 0 aliphatic carbocycles. The Morgan fingerprint density at radius 1 is 0.981 bits per heavy atom. The number of carbonyl (C=O) groups excluding carboxylic acids is 5. The third-order valence-corrected chi connectivity index (χ3v) is 8.64. The van der Waals surface area contributed by atoms with Gasteiger partial charge in [0.15, 0.2) is 29.0 Å². The van der Waals surface area contributed by atoms with Crippen molar-refractivity contribution < 1.29 is 71.3 Å². The molecule has 5 rings (SSSR count). The van der Waals surface area contributed by atoms with E-state index in [4.69, 9.17) is 4.65 Å². The van der Waals surface area contributed by atoms with Gasteiger partial charge >= 0.3 is 30.9 Å². The molecular formula is C32H29BF4N6O11. The predicted octanol–water partition coefficient (Wildman–Crippen LogP) is 0.437. The first kappa shape index (κ1) is 38.8. The minimum Gasteiger partial charge on any atom is -0.534 e. The van der Waals surface area contributed by atoms with Crippen molar-refractivity contribution in [3.05, 3.63) is 81.7 Å². The lowest BCUT2D eigenvalue weighted by Gasteiger charge is -2.34. The first-order valence-electron chi connectivity index (χ1n) is 15.9. The first-order chi connectivity index (χ1) is 25.5. The number of fused-ring (bicyclic) bond motifs is 1. The van der Waals surface area contributed by atoms with E-state index >= 15 is 0 Å². The molecule has 2 aliphatic rings. The van der Waals surface area contributed by atoms with Crippen LogP contribution in [0.5, 0.6) is 17.2 Å². The second-order valence-electron chi connectivity index (χ2n) is 12.0. The molecule has 1 fully saturated rings. The number of hydrogen-bond donors (Lipinski definition) is 7. The highest BCUT2D eigenvalue weighted by Gasteiger charge is 2.42. The van der Waals surface area contributed by atoms with Crippen molar-refractivity contribution in [3.8, 4) is 17.2 Å². The molecule has 3 heterocycles. The number of imide groups is 1. The van der Waals surface area contributed by atoms with Crippen LogP contribution in [0.2, 0.25) is 0 Å². The zero-order valence-corrected chi connectivity index (χ0v) is 27.9. The summed E-state index contributed by atoms with van der Waals surface area (Å²) in [6.07, 6.45) is 1.00. The molecular weight excluding hydrogens is 731 g/mol. The molecule has 0 spiro atoms. The van der Waals surface area contributed by atoms with E-state index in [1.165, 1.54) is 0 Å². The summed E-state index contributed by atoms with van der Waals surface area (Å²) < 4.78 is 61.7. The molecule has 17 nitrogen and oxygen atoms in total. The largest absolute Gasteiger partial charge is 0.547 e. The number of carboxylic acid groups (broad SMARTS) is 1. The van der Waals surface area contributed by atoms with Gasteiger partial charge in [0.1, 0.15) is 28.7 Å². The van der Waals surface area contributed by atoms with E-state index in [1.807, 2.05) is 0 Å². The molecule has 1 unspecified atom stereocenters. The summed E-state index contributed by atoms with van der Waals surface area (Å²) in [5.41, 5.74) is -2.39. The van der Waals surface area contributed by atoms with Crippen molar-refractivity contribution in [2.75, 3.05) is 26.2 Å². The maximum atomic E-state index is 14.6. The number of rotatable bonds is 10. The number of nitrogens with one attached hydrogen (secondary N) is 3. The number of hydrogen-bond acceptors (Lipinski definition) is 11. The fraction of sp³-hybridized carbons (Fsp3) is 0.281. The number of phenolic OH excluding ortho intramolecular Hbond substituents is 2. The van der Waals surface area contributed by atoms with Crippen molar-refractivity contribution >= 4 is 42.7 Å². The fourth-order valence-electron chi connectivity index (χ4n) is 5.82. The highest BCUT2D eigenvalue weighted by molar-refractivity contribution is 6.47. The van der Waals surface area contributed by atoms with Crippen LogP contribution in [0.3, 0.4) is 0 Å². The summed E-state index contributed by atoms with van der Waals surface area (Å²) in [7, 11) is -1.97. The van der Waals surface area contributed by atoms with Crippen molar-refractivity contribution in [2.45, 2.75) is 31.7 Å². The normalized spacial score (nSPS) is 16.0. The number of phenols is 2. The number of amides is 6. The van der Waals surface area contributed by atoms with Crippen molar-refractivity contribution in [1.82, 2.24) is 30.7 Å². The molecule has 0 radical (unpaired) electrons. The standard InChI is InChI=1S/C32H29BF4N6O11/c1-13-15(10-17(35)25(45)24(13)44)23(28(47)40-20-9-14-3-4-16(34)22(31(50)51)26(14)54-33(20)53)41-32(52)43-8-7-42(29(48)30(43)49)6-2-5-39-27(46)21-18(36)11-38-12-19(21)37/h3-4,10-12,20,23,44-45,53H,2,5-9H2,1H3,(H,39,46)(H,40,47)(H,41,52)(H,50,51)/t20-,23?/m0/s1. The Morgan fingerprint density at radius 3 is 2.33 bits per heavy atom. The van der Waals surface area contributed by atoms with Gasteiger partial charge in [-0.1, -0.05) is 6.07 Å². The van der Waals surface area contributed by atoms with Crippen LogP contribution in [0.4, 0.5) is 22.4 Å². The van der Waals surface area contributed by atoms with Gasteiger partial charge in [0, 0.05) is 31.7 Å². The molecule has 2 aromatic carbocycles. The number of nitrogens with zero attached hydrogens (tertiary/aromatic N) is 3. The van der Waals surface area contributed by atoms with Gasteiger partial charge in [-0.2, -0.15) is 0 Å². The number of carbonyl (C=O) groups is 6. The number of urea groups is 1. The van der Waals surface area contributed by atoms with E-state index < -0.39 is 118 Å². The van der Waals surface area contributed by atoms with Gasteiger partial charge in [-0.15, -0.1) is 0 Å². The summed E-state index contributed by atoms with van der Waals surface area (Å²) in [5.74, 6) is -15.5. The molecule has 2 atom stereocenters. The molecule has 0 saturated carbocycles. The molecule has 1 aromatic heterocycles. The SMILES string of the molecule is Cc1c(C(NC(=O)N2CCN(CCCNC(=O)c3c(F)cncc3F)C(=O)C2=O)C(=O)N[C@H]2Cc3ccc(F)c(C(=O)O)c3OB2O)cc(F)c(O)c1O. The summed E-state index contributed by atoms with van der Waals surface area (Å²) in [6, 6.07) is -0.708. The lowest BCUT2D eigenvalue weighted by Crippen LogP contribution is -2.60. The van der Waals surface area contributed by atoms with Gasteiger partial charge in [-0.3, -0.25) is 29.1 Å². The molecule has 1 saturated heterocycles. The lowest BCUT2D eigenvalue weighted by molar-refractivity contribution is -0.153. The second-order valence-corrected chi connectivity index (χ2v) is 12.0. The van der Waals surface area contributed by atoms with Crippen LogP contribution in [0.25, 0.3) is 0 Å². The van der Waals surface area contributed by atoms with Crippen LogP contribution < -0.4 is 20.6 Å². The Bertz CT molecular complexity index is 2060. The minimum atomic E-state index is -1.98. The van der Waals surface area contributed by atoms with E-state index in [9.17, 15) is 66.7 Å². The Balaban J connectivity index is 1.28. The van der Waals surface area contributed by atoms with Crippen LogP contribution >= 0.6 is 0 Å². The monoisotopic (exact) mass is 760 g/mol. The zero-order valence-electron chi connectivity index (χ0n) is 27.9. The Hall–Kier alpha value is -6.45. The smallest absolute Gasteiger partial charge is 0.534 e.